The third-order valence-corrected chi connectivity index (χ3v) is 6.42. The van der Waals surface area contributed by atoms with Gasteiger partial charge in [-0.05, 0) is 42.7 Å². The van der Waals surface area contributed by atoms with Crippen LogP contribution in [-0.4, -0.2) is 53.6 Å². The molecule has 1 N–H and O–H groups in total. The first-order valence-corrected chi connectivity index (χ1v) is 11.6. The first kappa shape index (κ1) is 25.2. The van der Waals surface area contributed by atoms with E-state index in [2.05, 4.69) is 10.3 Å². The SMILES string of the molecule is COc1cc(OC)cc(C(NC(=O)C2CCN(C(=O)c3ccc(F)cc3F)CC2)c2nccn2C)c1. The van der Waals surface area contributed by atoms with E-state index in [1.165, 1.54) is 4.90 Å². The molecule has 2 aromatic carbocycles. The van der Waals surface area contributed by atoms with Crippen LogP contribution in [0, 0.1) is 17.6 Å². The normalized spacial score (nSPS) is 14.9. The van der Waals surface area contributed by atoms with E-state index in [0.717, 1.165) is 17.7 Å². The molecular formula is C26H28F2N4O4. The maximum Gasteiger partial charge on any atom is 0.256 e. The predicted octanol–water partition coefficient (Wildman–Crippen LogP) is 3.47. The topological polar surface area (TPSA) is 85.7 Å². The van der Waals surface area contributed by atoms with Gasteiger partial charge in [-0.3, -0.25) is 9.59 Å². The van der Waals surface area contributed by atoms with Gasteiger partial charge in [-0.15, -0.1) is 0 Å². The number of ether oxygens (including phenoxy) is 2. The molecule has 1 atom stereocenters. The molecule has 0 aliphatic carbocycles. The van der Waals surface area contributed by atoms with E-state index in [-0.39, 0.29) is 30.5 Å². The smallest absolute Gasteiger partial charge is 0.256 e. The summed E-state index contributed by atoms with van der Waals surface area (Å²) in [6.45, 7) is 0.571. The molecule has 8 nitrogen and oxygen atoms in total. The number of nitrogens with zero attached hydrogens (tertiary/aromatic N) is 3. The van der Waals surface area contributed by atoms with Crippen LogP contribution in [-0.2, 0) is 11.8 Å². The number of carbonyl (C=O) groups is 2. The van der Waals surface area contributed by atoms with Crippen molar-refractivity contribution in [1.82, 2.24) is 19.8 Å². The molecule has 2 heterocycles. The van der Waals surface area contributed by atoms with Crippen LogP contribution in [0.25, 0.3) is 0 Å². The van der Waals surface area contributed by atoms with Crippen molar-refractivity contribution in [3.05, 3.63) is 77.4 Å². The number of nitrogens with one attached hydrogen (secondary N) is 1. The summed E-state index contributed by atoms with van der Waals surface area (Å²) >= 11 is 0. The summed E-state index contributed by atoms with van der Waals surface area (Å²) in [7, 11) is 4.96. The lowest BCUT2D eigenvalue weighted by molar-refractivity contribution is -0.126. The maximum atomic E-state index is 14.1. The molecule has 3 aromatic rings. The van der Waals surface area contributed by atoms with Gasteiger partial charge in [0.15, 0.2) is 0 Å². The predicted molar refractivity (Wildman–Crippen MR) is 128 cm³/mol. The number of rotatable bonds is 7. The third kappa shape index (κ3) is 5.32. The second kappa shape index (κ2) is 10.8. The van der Waals surface area contributed by atoms with Crippen LogP contribution < -0.4 is 14.8 Å². The summed E-state index contributed by atoms with van der Waals surface area (Å²) in [6.07, 6.45) is 4.28. The zero-order valence-corrected chi connectivity index (χ0v) is 20.3. The highest BCUT2D eigenvalue weighted by atomic mass is 19.1. The van der Waals surface area contributed by atoms with Crippen molar-refractivity contribution in [1.29, 1.82) is 0 Å². The molecule has 1 aliphatic heterocycles. The lowest BCUT2D eigenvalue weighted by atomic mass is 9.94. The lowest BCUT2D eigenvalue weighted by Crippen LogP contribution is -2.44. The quantitative estimate of drug-likeness (QED) is 0.539. The average Bonchev–Trinajstić information content (AvgIpc) is 3.31. The Morgan fingerprint density at radius 1 is 1.06 bits per heavy atom. The van der Waals surface area contributed by atoms with Gasteiger partial charge in [0.05, 0.1) is 19.8 Å². The number of aromatic nitrogens is 2. The highest BCUT2D eigenvalue weighted by molar-refractivity contribution is 5.94. The Hall–Kier alpha value is -3.95. The molecule has 1 unspecified atom stereocenters. The van der Waals surface area contributed by atoms with Crippen LogP contribution in [0.5, 0.6) is 11.5 Å². The van der Waals surface area contributed by atoms with Gasteiger partial charge in [0.25, 0.3) is 5.91 Å². The molecule has 1 aliphatic rings. The number of methoxy groups -OCH3 is 2. The number of amides is 2. The first-order chi connectivity index (χ1) is 17.3. The summed E-state index contributed by atoms with van der Waals surface area (Å²) in [5.41, 5.74) is 0.564. The van der Waals surface area contributed by atoms with Crippen molar-refractivity contribution in [2.24, 2.45) is 13.0 Å². The maximum absolute atomic E-state index is 14.1. The van der Waals surface area contributed by atoms with Crippen molar-refractivity contribution in [3.63, 3.8) is 0 Å². The Morgan fingerprint density at radius 2 is 1.72 bits per heavy atom. The zero-order valence-electron chi connectivity index (χ0n) is 20.3. The largest absolute Gasteiger partial charge is 0.497 e. The van der Waals surface area contributed by atoms with Crippen LogP contribution >= 0.6 is 0 Å². The minimum Gasteiger partial charge on any atom is -0.497 e. The molecule has 4 rings (SSSR count). The Bertz CT molecular complexity index is 1230. The fourth-order valence-electron chi connectivity index (χ4n) is 4.39. The molecule has 190 valence electrons. The van der Waals surface area contributed by atoms with Gasteiger partial charge in [0.1, 0.15) is 35.0 Å². The molecule has 10 heteroatoms. The molecule has 1 saturated heterocycles. The summed E-state index contributed by atoms with van der Waals surface area (Å²) in [4.78, 5) is 32.0. The van der Waals surface area contributed by atoms with Crippen LogP contribution in [0.1, 0.15) is 40.6 Å². The number of carbonyl (C=O) groups excluding carboxylic acids is 2. The highest BCUT2D eigenvalue weighted by Gasteiger charge is 2.31. The minimum absolute atomic E-state index is 0.176. The highest BCUT2D eigenvalue weighted by Crippen LogP contribution is 2.30. The number of benzene rings is 2. The van der Waals surface area contributed by atoms with Crippen molar-refractivity contribution in [2.75, 3.05) is 27.3 Å². The van der Waals surface area contributed by atoms with Gasteiger partial charge in [-0.1, -0.05) is 0 Å². The van der Waals surface area contributed by atoms with Crippen molar-refractivity contribution in [3.8, 4) is 11.5 Å². The van der Waals surface area contributed by atoms with Crippen molar-refractivity contribution < 1.29 is 27.8 Å². The fourth-order valence-corrected chi connectivity index (χ4v) is 4.39. The molecular weight excluding hydrogens is 470 g/mol. The van der Waals surface area contributed by atoms with E-state index in [1.54, 1.807) is 32.7 Å². The van der Waals surface area contributed by atoms with E-state index in [1.807, 2.05) is 23.7 Å². The Balaban J connectivity index is 1.49. The van der Waals surface area contributed by atoms with Gasteiger partial charge in [0, 0.05) is 50.6 Å². The van der Waals surface area contributed by atoms with E-state index in [9.17, 15) is 18.4 Å². The van der Waals surface area contributed by atoms with E-state index >= 15 is 0 Å². The van der Waals surface area contributed by atoms with E-state index in [4.69, 9.17) is 9.47 Å². The van der Waals surface area contributed by atoms with Crippen molar-refractivity contribution >= 4 is 11.8 Å². The molecule has 0 radical (unpaired) electrons. The Kier molecular flexibility index (Phi) is 7.52. The number of aryl methyl sites for hydroxylation is 1. The monoisotopic (exact) mass is 498 g/mol. The van der Waals surface area contributed by atoms with Crippen molar-refractivity contribution in [2.45, 2.75) is 18.9 Å². The van der Waals surface area contributed by atoms with Crippen LogP contribution in [0.2, 0.25) is 0 Å². The van der Waals surface area contributed by atoms with Gasteiger partial charge in [-0.25, -0.2) is 13.8 Å². The van der Waals surface area contributed by atoms with Crippen LogP contribution in [0.15, 0.2) is 48.8 Å². The molecule has 0 spiro atoms. The molecule has 0 bridgehead atoms. The number of hydrogen-bond donors (Lipinski definition) is 1. The number of likely N-dealkylation sites (tertiary alicyclic amines) is 1. The molecule has 0 saturated carbocycles. The number of imidazole rings is 1. The average molecular weight is 499 g/mol. The molecule has 2 amide bonds. The van der Waals surface area contributed by atoms with Gasteiger partial charge in [0.2, 0.25) is 5.91 Å². The van der Waals surface area contributed by atoms with Gasteiger partial charge < -0.3 is 24.3 Å². The second-order valence-corrected chi connectivity index (χ2v) is 8.67. The van der Waals surface area contributed by atoms with Crippen LogP contribution in [0.3, 0.4) is 0 Å². The van der Waals surface area contributed by atoms with Crippen LogP contribution in [0.4, 0.5) is 8.78 Å². The molecule has 1 fully saturated rings. The van der Waals surface area contributed by atoms with Gasteiger partial charge >= 0.3 is 0 Å². The number of piperidine rings is 1. The zero-order chi connectivity index (χ0) is 25.8. The second-order valence-electron chi connectivity index (χ2n) is 8.67. The standard InChI is InChI=1S/C26H28F2N4O4/c1-31-11-8-29-24(31)23(17-12-19(35-2)15-20(13-17)36-3)30-25(33)16-6-9-32(10-7-16)26(34)21-5-4-18(27)14-22(21)28/h4-5,8,11-16,23H,6-7,9-10H2,1-3H3,(H,30,33). The fraction of sp³-hybridized carbons (Fsp3) is 0.346. The summed E-state index contributed by atoms with van der Waals surface area (Å²) in [5, 5.41) is 3.10. The molecule has 36 heavy (non-hydrogen) atoms. The third-order valence-electron chi connectivity index (χ3n) is 6.42. The summed E-state index contributed by atoms with van der Waals surface area (Å²) in [6, 6.07) is 7.72. The Morgan fingerprint density at radius 3 is 2.28 bits per heavy atom. The molecule has 1 aromatic heterocycles. The first-order valence-electron chi connectivity index (χ1n) is 11.6. The Labute approximate surface area is 207 Å². The minimum atomic E-state index is -0.897. The lowest BCUT2D eigenvalue weighted by Gasteiger charge is -2.32. The van der Waals surface area contributed by atoms with E-state index < -0.39 is 23.6 Å². The summed E-state index contributed by atoms with van der Waals surface area (Å²) in [5.74, 6) is -0.872. The van der Waals surface area contributed by atoms with Gasteiger partial charge in [-0.2, -0.15) is 0 Å². The number of hydrogen-bond acceptors (Lipinski definition) is 5. The summed E-state index contributed by atoms with van der Waals surface area (Å²) < 4.78 is 39.9. The number of halogens is 2. The van der Waals surface area contributed by atoms with E-state index in [0.29, 0.717) is 36.2 Å².